The van der Waals surface area contributed by atoms with E-state index in [1.807, 2.05) is 6.07 Å². The normalized spacial score (nSPS) is 10.4. The Morgan fingerprint density at radius 1 is 1.19 bits per heavy atom. The maximum absolute atomic E-state index is 13.2. The van der Waals surface area contributed by atoms with Crippen LogP contribution >= 0.6 is 11.3 Å². The molecule has 0 spiro atoms. The van der Waals surface area contributed by atoms with E-state index in [1.165, 1.54) is 48.9 Å². The number of halogens is 1. The van der Waals surface area contributed by atoms with Crippen LogP contribution < -0.4 is 5.32 Å². The van der Waals surface area contributed by atoms with E-state index in [0.29, 0.717) is 11.6 Å². The average molecular weight is 371 g/mol. The molecule has 26 heavy (non-hydrogen) atoms. The zero-order valence-electron chi connectivity index (χ0n) is 13.7. The minimum Gasteiger partial charge on any atom is -0.465 e. The fourth-order valence-electron chi connectivity index (χ4n) is 2.22. The fraction of sp³-hybridized carbons (Fsp3) is 0.111. The van der Waals surface area contributed by atoms with Crippen molar-refractivity contribution in [3.05, 3.63) is 76.3 Å². The molecule has 2 aromatic heterocycles. The molecule has 0 saturated carbocycles. The van der Waals surface area contributed by atoms with Gasteiger partial charge >= 0.3 is 5.97 Å². The Hall–Kier alpha value is -3.13. The van der Waals surface area contributed by atoms with Crippen molar-refractivity contribution in [3.8, 4) is 0 Å². The van der Waals surface area contributed by atoms with Gasteiger partial charge in [0.15, 0.2) is 5.13 Å². The van der Waals surface area contributed by atoms with Crippen LogP contribution in [0.5, 0.6) is 0 Å². The van der Waals surface area contributed by atoms with Crippen molar-refractivity contribution in [2.75, 3.05) is 12.4 Å². The molecule has 3 rings (SSSR count). The van der Waals surface area contributed by atoms with Crippen molar-refractivity contribution >= 4 is 28.3 Å². The van der Waals surface area contributed by atoms with E-state index >= 15 is 0 Å². The molecule has 6 nitrogen and oxygen atoms in total. The molecule has 3 aromatic rings. The van der Waals surface area contributed by atoms with Gasteiger partial charge in [0.25, 0.3) is 5.91 Å². The molecule has 0 aliphatic heterocycles. The molecule has 132 valence electrons. The minimum absolute atomic E-state index is 0.152. The highest BCUT2D eigenvalue weighted by Crippen LogP contribution is 2.22. The van der Waals surface area contributed by atoms with Crippen LogP contribution in [0.4, 0.5) is 9.52 Å². The number of esters is 1. The summed E-state index contributed by atoms with van der Waals surface area (Å²) < 4.78 is 17.8. The molecule has 0 fully saturated rings. The lowest BCUT2D eigenvalue weighted by Crippen LogP contribution is -2.14. The summed E-state index contributed by atoms with van der Waals surface area (Å²) in [5.74, 6) is -1.25. The predicted octanol–water partition coefficient (Wildman–Crippen LogP) is 3.31. The molecule has 2 heterocycles. The van der Waals surface area contributed by atoms with Crippen LogP contribution in [0, 0.1) is 5.82 Å². The van der Waals surface area contributed by atoms with Gasteiger partial charge in [-0.1, -0.05) is 12.1 Å². The highest BCUT2D eigenvalue weighted by Gasteiger charge is 2.12. The van der Waals surface area contributed by atoms with Crippen LogP contribution in [0.15, 0.2) is 48.8 Å². The Labute approximate surface area is 152 Å². The molecule has 0 aliphatic rings. The molecular weight excluding hydrogens is 357 g/mol. The second-order valence-corrected chi connectivity index (χ2v) is 6.43. The van der Waals surface area contributed by atoms with Crippen molar-refractivity contribution in [2.45, 2.75) is 6.42 Å². The highest BCUT2D eigenvalue weighted by atomic mass is 32.1. The number of hydrogen-bond donors (Lipinski definition) is 1. The number of hydrogen-bond acceptors (Lipinski definition) is 6. The number of nitrogens with zero attached hydrogens (tertiary/aromatic N) is 2. The van der Waals surface area contributed by atoms with Gasteiger partial charge in [0.2, 0.25) is 0 Å². The molecule has 0 saturated heterocycles. The number of nitrogens with one attached hydrogen (secondary N) is 1. The van der Waals surface area contributed by atoms with Crippen LogP contribution in [0.1, 0.15) is 31.3 Å². The van der Waals surface area contributed by atoms with Crippen molar-refractivity contribution < 1.29 is 18.7 Å². The zero-order chi connectivity index (χ0) is 18.5. The van der Waals surface area contributed by atoms with E-state index in [2.05, 4.69) is 20.0 Å². The average Bonchev–Trinajstić information content (AvgIpc) is 3.08. The Balaban J connectivity index is 1.65. The van der Waals surface area contributed by atoms with Crippen molar-refractivity contribution in [1.82, 2.24) is 9.97 Å². The molecule has 0 aliphatic carbocycles. The number of anilines is 1. The third-order valence-electron chi connectivity index (χ3n) is 3.46. The van der Waals surface area contributed by atoms with Gasteiger partial charge in [-0.25, -0.2) is 14.2 Å². The molecule has 1 aromatic carbocycles. The van der Waals surface area contributed by atoms with E-state index in [9.17, 15) is 14.0 Å². The Morgan fingerprint density at radius 2 is 2.04 bits per heavy atom. The summed E-state index contributed by atoms with van der Waals surface area (Å²) in [6.07, 6.45) is 3.44. The predicted molar refractivity (Wildman–Crippen MR) is 94.8 cm³/mol. The van der Waals surface area contributed by atoms with Crippen LogP contribution in [0.2, 0.25) is 0 Å². The smallest absolute Gasteiger partial charge is 0.339 e. The lowest BCUT2D eigenvalue weighted by atomic mass is 10.1. The lowest BCUT2D eigenvalue weighted by molar-refractivity contribution is 0.0600. The van der Waals surface area contributed by atoms with Crippen LogP contribution in [0.3, 0.4) is 0 Å². The monoisotopic (exact) mass is 371 g/mol. The second-order valence-electron chi connectivity index (χ2n) is 5.32. The number of methoxy groups -OCH3 is 1. The summed E-state index contributed by atoms with van der Waals surface area (Å²) in [5.41, 5.74) is 1.24. The number of ether oxygens (including phenoxy) is 1. The number of carbonyl (C=O) groups is 2. The van der Waals surface area contributed by atoms with Crippen molar-refractivity contribution in [2.24, 2.45) is 0 Å². The first-order valence-electron chi connectivity index (χ1n) is 7.60. The van der Waals surface area contributed by atoms with E-state index in [4.69, 9.17) is 0 Å². The molecular formula is C18H14FN3O3S. The third kappa shape index (κ3) is 4.28. The first-order valence-corrected chi connectivity index (χ1v) is 8.41. The van der Waals surface area contributed by atoms with E-state index < -0.39 is 11.9 Å². The summed E-state index contributed by atoms with van der Waals surface area (Å²) in [6, 6.07) is 9.23. The fourth-order valence-corrected chi connectivity index (χ4v) is 3.06. The van der Waals surface area contributed by atoms with Crippen LogP contribution in [-0.2, 0) is 11.2 Å². The van der Waals surface area contributed by atoms with Gasteiger partial charge in [-0.3, -0.25) is 15.1 Å². The van der Waals surface area contributed by atoms with Gasteiger partial charge in [-0.2, -0.15) is 0 Å². The number of pyridine rings is 1. The largest absolute Gasteiger partial charge is 0.465 e. The molecule has 8 heteroatoms. The number of aromatic nitrogens is 2. The Kier molecular flexibility index (Phi) is 5.33. The maximum Gasteiger partial charge on any atom is 0.339 e. The Bertz CT molecular complexity index is 941. The van der Waals surface area contributed by atoms with E-state index in [1.54, 1.807) is 12.3 Å². The molecule has 1 N–H and O–H groups in total. The summed E-state index contributed by atoms with van der Waals surface area (Å²) in [4.78, 5) is 32.6. The van der Waals surface area contributed by atoms with Gasteiger partial charge < -0.3 is 4.74 Å². The van der Waals surface area contributed by atoms with Gasteiger partial charge in [0.05, 0.1) is 12.7 Å². The van der Waals surface area contributed by atoms with Crippen molar-refractivity contribution in [3.63, 3.8) is 0 Å². The Morgan fingerprint density at radius 3 is 2.73 bits per heavy atom. The summed E-state index contributed by atoms with van der Waals surface area (Å²) in [7, 11) is 1.27. The van der Waals surface area contributed by atoms with Gasteiger partial charge in [-0.05, 0) is 29.8 Å². The minimum atomic E-state index is -0.522. The molecule has 0 bridgehead atoms. The number of amides is 1. The van der Waals surface area contributed by atoms with Gasteiger partial charge in [0.1, 0.15) is 11.5 Å². The molecule has 0 unspecified atom stereocenters. The van der Waals surface area contributed by atoms with E-state index in [-0.39, 0.29) is 17.1 Å². The van der Waals surface area contributed by atoms with Gasteiger partial charge in [0, 0.05) is 23.7 Å². The zero-order valence-corrected chi connectivity index (χ0v) is 14.5. The maximum atomic E-state index is 13.2. The number of carbonyl (C=O) groups excluding carboxylic acids is 2. The summed E-state index contributed by atoms with van der Waals surface area (Å²) >= 11 is 1.30. The lowest BCUT2D eigenvalue weighted by Gasteiger charge is -2.02. The molecule has 0 radical (unpaired) electrons. The summed E-state index contributed by atoms with van der Waals surface area (Å²) in [5, 5.41) is 3.07. The summed E-state index contributed by atoms with van der Waals surface area (Å²) in [6.45, 7) is 0. The third-order valence-corrected chi connectivity index (χ3v) is 4.37. The number of rotatable bonds is 5. The van der Waals surface area contributed by atoms with Gasteiger partial charge in [-0.15, -0.1) is 11.3 Å². The second kappa shape index (κ2) is 7.83. The van der Waals surface area contributed by atoms with E-state index in [0.717, 1.165) is 10.4 Å². The first-order chi connectivity index (χ1) is 12.5. The van der Waals surface area contributed by atoms with Crippen LogP contribution in [0.25, 0.3) is 0 Å². The number of thiazole rings is 1. The first kappa shape index (κ1) is 17.7. The molecule has 1 amide bonds. The quantitative estimate of drug-likeness (QED) is 0.696. The number of benzene rings is 1. The molecule has 0 atom stereocenters. The van der Waals surface area contributed by atoms with Crippen molar-refractivity contribution in [1.29, 1.82) is 0 Å². The topological polar surface area (TPSA) is 81.2 Å². The van der Waals surface area contributed by atoms with Crippen LogP contribution in [-0.4, -0.2) is 29.0 Å². The SMILES string of the molecule is COC(=O)c1ccc(C(=O)Nc2ncc(Cc3cccc(F)c3)s2)nc1. The standard InChI is InChI=1S/C18H14FN3O3S/c1-25-17(24)12-5-6-15(20-9-12)16(23)22-18-21-10-14(26-18)8-11-3-2-4-13(19)7-11/h2-7,9-10H,8H2,1H3,(H,21,22,23). The highest BCUT2D eigenvalue weighted by molar-refractivity contribution is 7.15.